The zero-order chi connectivity index (χ0) is 27.1. The van der Waals surface area contributed by atoms with Gasteiger partial charge in [-0.1, -0.05) is 6.92 Å². The van der Waals surface area contributed by atoms with Crippen LogP contribution in [-0.2, 0) is 29.1 Å². The maximum absolute atomic E-state index is 15.0. The minimum absolute atomic E-state index is 0.0975. The van der Waals surface area contributed by atoms with Gasteiger partial charge in [-0.15, -0.1) is 0 Å². The highest BCUT2D eigenvalue weighted by Gasteiger charge is 2.38. The van der Waals surface area contributed by atoms with Crippen molar-refractivity contribution in [3.8, 4) is 11.4 Å². The molecule has 2 aromatic heterocycles. The zero-order valence-corrected chi connectivity index (χ0v) is 21.3. The first-order chi connectivity index (χ1) is 18.0. The number of carbonyl (C=O) groups is 1. The normalized spacial score (nSPS) is 19.9. The van der Waals surface area contributed by atoms with Gasteiger partial charge in [0.1, 0.15) is 12.4 Å². The minimum Gasteiger partial charge on any atom is -0.460 e. The summed E-state index contributed by atoms with van der Waals surface area (Å²) in [6, 6.07) is 2.85. The zero-order valence-electron chi connectivity index (χ0n) is 21.3. The second-order valence-corrected chi connectivity index (χ2v) is 10.5. The Labute approximate surface area is 216 Å². The molecule has 6 nitrogen and oxygen atoms in total. The van der Waals surface area contributed by atoms with Crippen molar-refractivity contribution in [3.05, 3.63) is 61.7 Å². The Morgan fingerprint density at radius 1 is 1.18 bits per heavy atom. The molecule has 200 valence electrons. The van der Waals surface area contributed by atoms with Crippen molar-refractivity contribution in [2.24, 2.45) is 0 Å². The van der Waals surface area contributed by atoms with Crippen LogP contribution in [0.5, 0.6) is 0 Å². The molecule has 2 atom stereocenters. The van der Waals surface area contributed by atoms with Crippen LogP contribution in [-0.4, -0.2) is 40.2 Å². The van der Waals surface area contributed by atoms with Gasteiger partial charge in [-0.05, 0) is 61.6 Å². The quantitative estimate of drug-likeness (QED) is 0.265. The van der Waals surface area contributed by atoms with Crippen molar-refractivity contribution in [2.75, 3.05) is 13.6 Å². The third-order valence-corrected chi connectivity index (χ3v) is 8.45. The molecule has 3 aromatic rings. The molecule has 3 aliphatic rings. The number of ether oxygens (including phenoxy) is 1. The number of fused-ring (bicyclic) bond motifs is 5. The molecule has 0 bridgehead atoms. The molecular weight excluding hydrogens is 502 g/mol. The van der Waals surface area contributed by atoms with E-state index in [1.807, 2.05) is 13.0 Å². The number of nitrogens with zero attached hydrogens (tertiary/aromatic N) is 3. The summed E-state index contributed by atoms with van der Waals surface area (Å²) in [5.41, 5.74) is 5.21. The van der Waals surface area contributed by atoms with E-state index >= 15 is 0 Å². The second kappa shape index (κ2) is 8.62. The summed E-state index contributed by atoms with van der Waals surface area (Å²) in [5, 5.41) is 0.772. The van der Waals surface area contributed by atoms with Gasteiger partial charge in [0.15, 0.2) is 0 Å². The lowest BCUT2D eigenvalue weighted by molar-refractivity contribution is -0.148. The van der Waals surface area contributed by atoms with Crippen LogP contribution in [0.2, 0.25) is 0 Å². The van der Waals surface area contributed by atoms with Crippen LogP contribution in [0.4, 0.5) is 17.6 Å². The van der Waals surface area contributed by atoms with E-state index < -0.39 is 18.5 Å². The predicted octanol–water partition coefficient (Wildman–Crippen LogP) is 5.29. The van der Waals surface area contributed by atoms with E-state index in [2.05, 4.69) is 0 Å². The second-order valence-electron chi connectivity index (χ2n) is 10.5. The van der Waals surface area contributed by atoms with E-state index in [1.54, 1.807) is 23.4 Å². The molecule has 0 amide bonds. The average molecular weight is 530 g/mol. The van der Waals surface area contributed by atoms with E-state index in [9.17, 15) is 27.2 Å². The lowest BCUT2D eigenvalue weighted by Crippen LogP contribution is -2.33. The Morgan fingerprint density at radius 3 is 2.66 bits per heavy atom. The largest absolute Gasteiger partial charge is 0.460 e. The number of aromatic nitrogens is 2. The number of halogens is 4. The van der Waals surface area contributed by atoms with Crippen molar-refractivity contribution >= 4 is 16.9 Å². The molecule has 4 heterocycles. The number of hydrogen-bond acceptors (Lipinski definition) is 5. The fourth-order valence-corrected chi connectivity index (χ4v) is 6.45. The van der Waals surface area contributed by atoms with Crippen LogP contribution < -0.4 is 5.56 Å². The maximum Gasteiger partial charge on any atom is 0.390 e. The smallest absolute Gasteiger partial charge is 0.390 e. The van der Waals surface area contributed by atoms with Gasteiger partial charge < -0.3 is 9.30 Å². The highest BCUT2D eigenvalue weighted by Crippen LogP contribution is 2.47. The molecule has 1 unspecified atom stereocenters. The van der Waals surface area contributed by atoms with Crippen LogP contribution in [0, 0.1) is 12.7 Å². The number of esters is 1. The topological polar surface area (TPSA) is 64.4 Å². The van der Waals surface area contributed by atoms with Gasteiger partial charge in [0, 0.05) is 29.6 Å². The molecule has 1 aromatic carbocycles. The van der Waals surface area contributed by atoms with E-state index in [1.165, 1.54) is 6.07 Å². The highest BCUT2D eigenvalue weighted by molar-refractivity contribution is 5.93. The van der Waals surface area contributed by atoms with Crippen molar-refractivity contribution in [1.82, 2.24) is 14.5 Å². The molecule has 1 aliphatic carbocycles. The first-order valence-electron chi connectivity index (χ1n) is 12.8. The van der Waals surface area contributed by atoms with Crippen molar-refractivity contribution in [2.45, 2.75) is 70.8 Å². The van der Waals surface area contributed by atoms with Crippen LogP contribution in [0.1, 0.15) is 71.5 Å². The SMILES string of the molecule is CCC1C(=O)OCc2c1cc1n(c2=O)Cc2c-1nc1cc(F)c(C)c3c1c2[C@@H](N(C)CCC(F)(F)F)CC3. The Morgan fingerprint density at radius 2 is 1.95 bits per heavy atom. The van der Waals surface area contributed by atoms with Crippen LogP contribution in [0.3, 0.4) is 0 Å². The molecule has 0 N–H and O–H groups in total. The summed E-state index contributed by atoms with van der Waals surface area (Å²) < 4.78 is 61.1. The molecule has 2 aliphatic heterocycles. The fraction of sp³-hybridized carbons (Fsp3) is 0.464. The standard InChI is InChI=1S/C28H27F4N3O3/c1-4-14-16-9-22-25-17(11-35(22)26(36)18(16)12-38-27(14)37)24-21(34(3)8-7-28(30,31)32)6-5-15-13(2)19(29)10-20(33-25)23(15)24/h9-10,14,21H,4-8,11-12H2,1-3H3/t14?,21-/m0/s1. The number of carbonyl (C=O) groups excluding carboxylic acids is 1. The van der Waals surface area contributed by atoms with Crippen LogP contribution >= 0.6 is 0 Å². The number of cyclic esters (lactones) is 1. The molecule has 0 radical (unpaired) electrons. The summed E-state index contributed by atoms with van der Waals surface area (Å²) in [5.74, 6) is -1.32. The van der Waals surface area contributed by atoms with Gasteiger partial charge in [0.25, 0.3) is 5.56 Å². The first-order valence-corrected chi connectivity index (χ1v) is 12.8. The summed E-state index contributed by atoms with van der Waals surface area (Å²) in [6.07, 6.45) is -3.71. The van der Waals surface area contributed by atoms with Crippen LogP contribution in [0.25, 0.3) is 22.3 Å². The van der Waals surface area contributed by atoms with Gasteiger partial charge in [-0.25, -0.2) is 9.37 Å². The van der Waals surface area contributed by atoms with Gasteiger partial charge in [0.05, 0.1) is 41.4 Å². The first kappa shape index (κ1) is 25.0. The third-order valence-electron chi connectivity index (χ3n) is 8.45. The van der Waals surface area contributed by atoms with E-state index in [-0.39, 0.29) is 43.1 Å². The van der Waals surface area contributed by atoms with Gasteiger partial charge in [-0.3, -0.25) is 14.5 Å². The summed E-state index contributed by atoms with van der Waals surface area (Å²) in [6.45, 7) is 3.49. The number of pyridine rings is 2. The molecule has 0 fully saturated rings. The Balaban J connectivity index is 1.59. The molecule has 0 spiro atoms. The lowest BCUT2D eigenvalue weighted by Gasteiger charge is -2.35. The number of benzene rings is 1. The Hall–Kier alpha value is -3.27. The molecule has 6 rings (SSSR count). The maximum atomic E-state index is 15.0. The summed E-state index contributed by atoms with van der Waals surface area (Å²) in [7, 11) is 1.68. The van der Waals surface area contributed by atoms with Gasteiger partial charge >= 0.3 is 12.1 Å². The lowest BCUT2D eigenvalue weighted by atomic mass is 9.81. The van der Waals surface area contributed by atoms with E-state index in [4.69, 9.17) is 9.72 Å². The number of rotatable bonds is 4. The molecule has 10 heteroatoms. The predicted molar refractivity (Wildman–Crippen MR) is 132 cm³/mol. The minimum atomic E-state index is -4.28. The number of hydrogen-bond donors (Lipinski definition) is 0. The fourth-order valence-electron chi connectivity index (χ4n) is 6.45. The monoisotopic (exact) mass is 529 g/mol. The Bertz CT molecular complexity index is 1580. The number of alkyl halides is 3. The van der Waals surface area contributed by atoms with Crippen molar-refractivity contribution < 1.29 is 27.1 Å². The Kier molecular flexibility index (Phi) is 5.68. The van der Waals surface area contributed by atoms with Gasteiger partial charge in [0.2, 0.25) is 0 Å². The van der Waals surface area contributed by atoms with E-state index in [0.717, 1.165) is 22.1 Å². The molecule has 0 saturated carbocycles. The molecule has 0 saturated heterocycles. The van der Waals surface area contributed by atoms with Crippen molar-refractivity contribution in [3.63, 3.8) is 0 Å². The molecule has 38 heavy (non-hydrogen) atoms. The third kappa shape index (κ3) is 3.67. The summed E-state index contributed by atoms with van der Waals surface area (Å²) in [4.78, 5) is 32.5. The number of aryl methyl sites for hydroxylation is 1. The van der Waals surface area contributed by atoms with E-state index in [0.29, 0.717) is 52.9 Å². The average Bonchev–Trinajstić information content (AvgIpc) is 3.24. The van der Waals surface area contributed by atoms with Crippen molar-refractivity contribution in [1.29, 1.82) is 0 Å². The summed E-state index contributed by atoms with van der Waals surface area (Å²) >= 11 is 0. The molecular formula is C28H27F4N3O3. The van der Waals surface area contributed by atoms with Crippen LogP contribution in [0.15, 0.2) is 16.9 Å². The highest BCUT2D eigenvalue weighted by atomic mass is 19.4. The van der Waals surface area contributed by atoms with Gasteiger partial charge in [-0.2, -0.15) is 13.2 Å².